The van der Waals surface area contributed by atoms with Crippen LogP contribution in [0.4, 0.5) is 15.8 Å². The van der Waals surface area contributed by atoms with Crippen LogP contribution in [0.2, 0.25) is 0 Å². The fourth-order valence-electron chi connectivity index (χ4n) is 5.59. The number of ether oxygens (including phenoxy) is 1. The summed E-state index contributed by atoms with van der Waals surface area (Å²) in [4.78, 5) is 23.4. The van der Waals surface area contributed by atoms with Crippen LogP contribution in [-0.4, -0.2) is 35.2 Å². The number of anilines is 2. The minimum absolute atomic E-state index is 0.0782. The molecule has 3 aromatic carbocycles. The van der Waals surface area contributed by atoms with Crippen molar-refractivity contribution in [2.75, 3.05) is 16.0 Å². The second-order valence-corrected chi connectivity index (χ2v) is 13.9. The highest BCUT2D eigenvalue weighted by Gasteiger charge is 2.48. The largest absolute Gasteiger partial charge is 0.506 e. The Bertz CT molecular complexity index is 1900. The molecule has 0 aliphatic carbocycles. The smallest absolute Gasteiger partial charge is 0.279 e. The number of phenols is 1. The van der Waals surface area contributed by atoms with Crippen molar-refractivity contribution in [3.8, 4) is 17.2 Å². The third-order valence-corrected chi connectivity index (χ3v) is 10.2. The molecule has 0 spiro atoms. The van der Waals surface area contributed by atoms with Gasteiger partial charge < -0.3 is 15.2 Å². The first kappa shape index (κ1) is 28.8. The third-order valence-electron chi connectivity index (χ3n) is 7.26. The number of carbonyl (C=O) groups excluding carboxylic acids is 1. The van der Waals surface area contributed by atoms with E-state index in [0.29, 0.717) is 10.2 Å². The van der Waals surface area contributed by atoms with Gasteiger partial charge in [0.15, 0.2) is 9.84 Å². The van der Waals surface area contributed by atoms with Crippen molar-refractivity contribution in [2.45, 2.75) is 26.3 Å². The summed E-state index contributed by atoms with van der Waals surface area (Å²) >= 11 is 3.41. The number of benzene rings is 3. The van der Waals surface area contributed by atoms with Gasteiger partial charge in [0, 0.05) is 29.7 Å². The Labute approximate surface area is 256 Å². The van der Waals surface area contributed by atoms with E-state index in [4.69, 9.17) is 4.74 Å². The Morgan fingerprint density at radius 3 is 2.65 bits per heavy atom. The number of nitrogens with zero attached hydrogens (tertiary/aromatic N) is 3. The van der Waals surface area contributed by atoms with Crippen LogP contribution < -0.4 is 15.0 Å². The third kappa shape index (κ3) is 5.36. The number of aromatic hydroxyl groups is 1. The van der Waals surface area contributed by atoms with Crippen LogP contribution >= 0.6 is 15.9 Å². The Morgan fingerprint density at radius 1 is 1.14 bits per heavy atom. The van der Waals surface area contributed by atoms with E-state index in [1.807, 2.05) is 19.9 Å². The number of hydrogen-bond acceptors (Lipinski definition) is 8. The maximum atomic E-state index is 16.3. The molecule has 6 rings (SSSR count). The quantitative estimate of drug-likeness (QED) is 0.230. The molecule has 9 nitrogen and oxygen atoms in total. The number of halogens is 2. The van der Waals surface area contributed by atoms with E-state index in [9.17, 15) is 18.3 Å². The van der Waals surface area contributed by atoms with Gasteiger partial charge in [-0.3, -0.25) is 14.7 Å². The summed E-state index contributed by atoms with van der Waals surface area (Å²) in [6.45, 7) is 3.64. The minimum atomic E-state index is -4.07. The zero-order chi connectivity index (χ0) is 30.5. The number of nitrogens with one attached hydrogen (secondary N) is 1. The molecule has 2 aliphatic rings. The summed E-state index contributed by atoms with van der Waals surface area (Å²) in [5.41, 5.74) is -0.304. The Balaban J connectivity index is 1.60. The van der Waals surface area contributed by atoms with E-state index in [1.165, 1.54) is 42.9 Å². The highest BCUT2D eigenvalue weighted by molar-refractivity contribution is 9.10. The SMILES string of the molecule is CC1(C)CC2=C(C(c3ccc(Oc4ccccc4Br)cc3F)N(C(=O)c3cnccn3)c3cccc(O)c3N2)S(=O)(=O)C1. The van der Waals surface area contributed by atoms with Crippen molar-refractivity contribution in [3.05, 3.63) is 111 Å². The first-order chi connectivity index (χ1) is 20.4. The van der Waals surface area contributed by atoms with Gasteiger partial charge in [-0.1, -0.05) is 32.0 Å². The summed E-state index contributed by atoms with van der Waals surface area (Å²) in [5, 5.41) is 14.0. The predicted octanol–water partition coefficient (Wildman–Crippen LogP) is 6.75. The number of phenolic OH excluding ortho intramolecular Hbond substituents is 1. The van der Waals surface area contributed by atoms with E-state index >= 15 is 4.39 Å². The number of amides is 1. The standard InChI is InChI=1S/C31H26BrFN4O5S/c1-31(2)15-22-29(43(40,41)17-31)28(19-11-10-18(14-21(19)33)42-26-9-4-3-6-20(26)32)37(30(39)23-16-34-12-13-35-23)24-7-5-8-25(38)27(24)36-22/h3-14,16,28,36,38H,15,17H2,1-2H3. The fourth-order valence-corrected chi connectivity index (χ4v) is 8.31. The predicted molar refractivity (Wildman–Crippen MR) is 163 cm³/mol. The van der Waals surface area contributed by atoms with Gasteiger partial charge in [0.25, 0.3) is 5.91 Å². The molecular formula is C31H26BrFN4O5S. The summed E-state index contributed by atoms with van der Waals surface area (Å²) in [5.74, 6) is -1.32. The number of para-hydroxylation sites is 2. The van der Waals surface area contributed by atoms with E-state index in [-0.39, 0.29) is 56.9 Å². The molecule has 43 heavy (non-hydrogen) atoms. The maximum absolute atomic E-state index is 16.3. The molecule has 2 N–H and O–H groups in total. The molecule has 1 unspecified atom stereocenters. The molecule has 2 aliphatic heterocycles. The lowest BCUT2D eigenvalue weighted by atomic mass is 9.88. The van der Waals surface area contributed by atoms with Gasteiger partial charge in [-0.25, -0.2) is 17.8 Å². The molecule has 1 aromatic heterocycles. The molecule has 0 fully saturated rings. The lowest BCUT2D eigenvalue weighted by Crippen LogP contribution is -2.41. The highest BCUT2D eigenvalue weighted by atomic mass is 79.9. The molecule has 220 valence electrons. The number of hydrogen-bond donors (Lipinski definition) is 2. The normalized spacial score (nSPS) is 18.6. The average molecular weight is 666 g/mol. The molecule has 0 saturated heterocycles. The summed E-state index contributed by atoms with van der Waals surface area (Å²) < 4.78 is 51.0. The monoisotopic (exact) mass is 664 g/mol. The van der Waals surface area contributed by atoms with Gasteiger partial charge >= 0.3 is 0 Å². The first-order valence-corrected chi connectivity index (χ1v) is 15.8. The van der Waals surface area contributed by atoms with E-state index in [0.717, 1.165) is 11.0 Å². The Kier molecular flexibility index (Phi) is 7.21. The van der Waals surface area contributed by atoms with Crippen molar-refractivity contribution in [1.82, 2.24) is 9.97 Å². The lowest BCUT2D eigenvalue weighted by molar-refractivity contribution is 0.0975. The molecule has 12 heteroatoms. The second-order valence-electron chi connectivity index (χ2n) is 11.1. The van der Waals surface area contributed by atoms with E-state index in [1.54, 1.807) is 24.3 Å². The van der Waals surface area contributed by atoms with Crippen LogP contribution in [0.25, 0.3) is 0 Å². The van der Waals surface area contributed by atoms with Crippen molar-refractivity contribution in [2.24, 2.45) is 5.41 Å². The molecule has 0 radical (unpaired) electrons. The number of allylic oxidation sites excluding steroid dienone is 1. The summed E-state index contributed by atoms with van der Waals surface area (Å²) in [7, 11) is -4.07. The van der Waals surface area contributed by atoms with Crippen molar-refractivity contribution < 1.29 is 27.4 Å². The van der Waals surface area contributed by atoms with Crippen molar-refractivity contribution in [1.29, 1.82) is 0 Å². The van der Waals surface area contributed by atoms with Crippen molar-refractivity contribution in [3.63, 3.8) is 0 Å². The van der Waals surface area contributed by atoms with E-state index in [2.05, 4.69) is 31.2 Å². The summed E-state index contributed by atoms with van der Waals surface area (Å²) in [6.07, 6.45) is 4.25. The minimum Gasteiger partial charge on any atom is -0.506 e. The molecule has 3 heterocycles. The summed E-state index contributed by atoms with van der Waals surface area (Å²) in [6, 6.07) is 14.2. The van der Waals surface area contributed by atoms with Crippen LogP contribution in [0.1, 0.15) is 42.4 Å². The number of aromatic nitrogens is 2. The molecule has 1 amide bonds. The lowest BCUT2D eigenvalue weighted by Gasteiger charge is -2.37. The topological polar surface area (TPSA) is 122 Å². The van der Waals surface area contributed by atoms with Gasteiger partial charge in [0.2, 0.25) is 0 Å². The first-order valence-electron chi connectivity index (χ1n) is 13.3. The second kappa shape index (κ2) is 10.8. The molecule has 0 saturated carbocycles. The van der Waals surface area contributed by atoms with Crippen LogP contribution in [-0.2, 0) is 9.84 Å². The number of rotatable bonds is 4. The van der Waals surface area contributed by atoms with Crippen LogP contribution in [0.15, 0.2) is 94.3 Å². The zero-order valence-electron chi connectivity index (χ0n) is 23.1. The van der Waals surface area contributed by atoms with Gasteiger partial charge in [-0.15, -0.1) is 0 Å². The molecule has 1 atom stereocenters. The maximum Gasteiger partial charge on any atom is 0.279 e. The van der Waals surface area contributed by atoms with Crippen LogP contribution in [0.5, 0.6) is 17.2 Å². The number of sulfone groups is 1. The van der Waals surface area contributed by atoms with Gasteiger partial charge in [0.05, 0.1) is 27.0 Å². The molecule has 4 aromatic rings. The van der Waals surface area contributed by atoms with Crippen molar-refractivity contribution >= 4 is 43.0 Å². The molecule has 0 bridgehead atoms. The van der Waals surface area contributed by atoms with Gasteiger partial charge in [0.1, 0.15) is 40.5 Å². The Morgan fingerprint density at radius 2 is 1.93 bits per heavy atom. The van der Waals surface area contributed by atoms with Crippen LogP contribution in [0, 0.1) is 11.2 Å². The molecular weight excluding hydrogens is 639 g/mol. The average Bonchev–Trinajstić information content (AvgIpc) is 3.09. The Hall–Kier alpha value is -4.29. The van der Waals surface area contributed by atoms with Crippen LogP contribution in [0.3, 0.4) is 0 Å². The zero-order valence-corrected chi connectivity index (χ0v) is 25.5. The van der Waals surface area contributed by atoms with E-state index < -0.39 is 33.0 Å². The number of fused-ring (bicyclic) bond motifs is 1. The van der Waals surface area contributed by atoms with Gasteiger partial charge in [-0.2, -0.15) is 0 Å². The highest BCUT2D eigenvalue weighted by Crippen LogP contribution is 2.52. The van der Waals surface area contributed by atoms with Gasteiger partial charge in [-0.05, 0) is 64.2 Å². The number of carbonyl (C=O) groups is 1. The fraction of sp³-hybridized carbons (Fsp3) is 0.194.